The molecule has 2 N–H and O–H groups in total. The number of carbonyl (C=O) groups is 4. The second-order valence-electron chi connectivity index (χ2n) is 13.2. The summed E-state index contributed by atoms with van der Waals surface area (Å²) < 4.78 is 42.9. The van der Waals surface area contributed by atoms with E-state index in [0.717, 1.165) is 32.4 Å². The second-order valence-corrected chi connectivity index (χ2v) is 13.2. The molecule has 1 aliphatic heterocycles. The molecule has 0 saturated carbocycles. The first kappa shape index (κ1) is 37.0. The number of hydrogen-bond donors (Lipinski definition) is 2. The van der Waals surface area contributed by atoms with E-state index >= 15 is 0 Å². The fourth-order valence-electron chi connectivity index (χ4n) is 6.32. The molecule has 0 fully saturated rings. The minimum Gasteiger partial charge on any atom is -0.481 e. The van der Waals surface area contributed by atoms with Crippen LogP contribution in [0.2, 0.25) is 0 Å². The minimum absolute atomic E-state index is 0.0325. The van der Waals surface area contributed by atoms with Gasteiger partial charge < -0.3 is 19.9 Å². The lowest BCUT2D eigenvalue weighted by Gasteiger charge is -2.27. The first-order chi connectivity index (χ1) is 22.8. The SMILES string of the molecule is Cc1cccc(C)c1-c1cc2c(c([C@@H](CC(=O)O)NC(=O)[C@@H](CC(C)C)n3cc(CCN(C)C)c(C(F)(F)F)cc3=O)c1)C(=O)N(C)C2=O. The molecule has 0 aliphatic carbocycles. The summed E-state index contributed by atoms with van der Waals surface area (Å²) in [7, 11) is 4.70. The highest BCUT2D eigenvalue weighted by Gasteiger charge is 2.39. The van der Waals surface area contributed by atoms with Gasteiger partial charge in [0.15, 0.2) is 0 Å². The van der Waals surface area contributed by atoms with E-state index in [1.165, 1.54) is 7.05 Å². The van der Waals surface area contributed by atoms with Crippen LogP contribution in [0.1, 0.15) is 87.3 Å². The highest BCUT2D eigenvalue weighted by molar-refractivity contribution is 6.22. The number of fused-ring (bicyclic) bond motifs is 1. The number of imide groups is 1. The third-order valence-corrected chi connectivity index (χ3v) is 8.69. The van der Waals surface area contributed by atoms with Crippen LogP contribution in [0.15, 0.2) is 47.4 Å². The van der Waals surface area contributed by atoms with Crippen molar-refractivity contribution < 1.29 is 37.5 Å². The van der Waals surface area contributed by atoms with E-state index < -0.39 is 59.5 Å². The number of hydrogen-bond acceptors (Lipinski definition) is 6. The van der Waals surface area contributed by atoms with Crippen LogP contribution in [0.3, 0.4) is 0 Å². The highest BCUT2D eigenvalue weighted by Crippen LogP contribution is 2.38. The maximum Gasteiger partial charge on any atom is 0.416 e. The Labute approximate surface area is 282 Å². The Morgan fingerprint density at radius 3 is 2.16 bits per heavy atom. The quantitative estimate of drug-likeness (QED) is 0.245. The lowest BCUT2D eigenvalue weighted by molar-refractivity contribution is -0.139. The van der Waals surface area contributed by atoms with Gasteiger partial charge in [0.25, 0.3) is 17.4 Å². The van der Waals surface area contributed by atoms with E-state index in [4.69, 9.17) is 0 Å². The smallest absolute Gasteiger partial charge is 0.416 e. The number of alkyl halides is 3. The van der Waals surface area contributed by atoms with E-state index in [2.05, 4.69) is 5.32 Å². The Bertz CT molecular complexity index is 1840. The molecule has 0 radical (unpaired) electrons. The average molecular weight is 683 g/mol. The molecule has 1 aromatic heterocycles. The summed E-state index contributed by atoms with van der Waals surface area (Å²) >= 11 is 0. The number of nitrogens with one attached hydrogen (secondary N) is 1. The van der Waals surface area contributed by atoms with Crippen LogP contribution in [0.5, 0.6) is 0 Å². The largest absolute Gasteiger partial charge is 0.481 e. The van der Waals surface area contributed by atoms with Crippen LogP contribution in [0, 0.1) is 19.8 Å². The molecule has 0 bridgehead atoms. The van der Waals surface area contributed by atoms with Crippen molar-refractivity contribution in [1.29, 1.82) is 0 Å². The zero-order chi connectivity index (χ0) is 36.5. The van der Waals surface area contributed by atoms with E-state index in [1.807, 2.05) is 32.0 Å². The Kier molecular flexibility index (Phi) is 10.9. The Hall–Kier alpha value is -4.78. The van der Waals surface area contributed by atoms with Gasteiger partial charge in [0.05, 0.1) is 29.2 Å². The molecule has 3 amide bonds. The number of benzene rings is 2. The number of aromatic nitrogens is 1. The van der Waals surface area contributed by atoms with Crippen molar-refractivity contribution in [3.05, 3.63) is 91.9 Å². The van der Waals surface area contributed by atoms with Gasteiger partial charge in [0.2, 0.25) is 5.91 Å². The molecule has 13 heteroatoms. The number of pyridine rings is 1. The van der Waals surface area contributed by atoms with Crippen LogP contribution >= 0.6 is 0 Å². The van der Waals surface area contributed by atoms with Gasteiger partial charge in [-0.05, 0) is 92.2 Å². The van der Waals surface area contributed by atoms with Gasteiger partial charge in [0, 0.05) is 25.9 Å². The van der Waals surface area contributed by atoms with Gasteiger partial charge in [-0.15, -0.1) is 0 Å². The highest BCUT2D eigenvalue weighted by atomic mass is 19.4. The molecule has 2 heterocycles. The summed E-state index contributed by atoms with van der Waals surface area (Å²) in [6.07, 6.45) is -4.46. The van der Waals surface area contributed by atoms with E-state index in [-0.39, 0.29) is 47.6 Å². The number of carbonyl (C=O) groups excluding carboxylic acids is 3. The van der Waals surface area contributed by atoms with Crippen molar-refractivity contribution in [3.8, 4) is 11.1 Å². The minimum atomic E-state index is -4.81. The van der Waals surface area contributed by atoms with Gasteiger partial charge in [-0.2, -0.15) is 13.2 Å². The maximum absolute atomic E-state index is 14.2. The lowest BCUT2D eigenvalue weighted by Crippen LogP contribution is -2.41. The van der Waals surface area contributed by atoms with Gasteiger partial charge in [0.1, 0.15) is 6.04 Å². The predicted octanol–water partition coefficient (Wildman–Crippen LogP) is 5.40. The topological polar surface area (TPSA) is 129 Å². The molecular weight excluding hydrogens is 641 g/mol. The van der Waals surface area contributed by atoms with Crippen molar-refractivity contribution >= 4 is 23.7 Å². The Morgan fingerprint density at radius 1 is 0.980 bits per heavy atom. The Morgan fingerprint density at radius 2 is 1.61 bits per heavy atom. The predicted molar refractivity (Wildman–Crippen MR) is 177 cm³/mol. The number of likely N-dealkylation sites (N-methyl/N-ethyl adjacent to an activating group) is 1. The molecule has 0 saturated heterocycles. The van der Waals surface area contributed by atoms with E-state index in [0.29, 0.717) is 11.6 Å². The molecule has 4 rings (SSSR count). The van der Waals surface area contributed by atoms with Crippen molar-refractivity contribution in [2.75, 3.05) is 27.7 Å². The van der Waals surface area contributed by atoms with Crippen molar-refractivity contribution in [3.63, 3.8) is 0 Å². The third kappa shape index (κ3) is 7.93. The van der Waals surface area contributed by atoms with Crippen LogP contribution in [0.4, 0.5) is 13.2 Å². The van der Waals surface area contributed by atoms with Crippen molar-refractivity contribution in [1.82, 2.24) is 19.7 Å². The first-order valence-corrected chi connectivity index (χ1v) is 15.9. The average Bonchev–Trinajstić information content (AvgIpc) is 3.21. The number of carboxylic acid groups (broad SMARTS) is 1. The number of halogens is 3. The van der Waals surface area contributed by atoms with Gasteiger partial charge in [-0.25, -0.2) is 0 Å². The molecule has 0 spiro atoms. The normalized spacial score (nSPS) is 14.4. The standard InChI is InChI=1S/C36H41F3N4O6/c1-19(2)13-28(43-18-22(11-12-41(5)6)26(16-29(43)44)36(37,38)39)33(47)40-27(17-30(45)46)24-14-23(31-20(3)9-8-10-21(31)4)15-25-32(24)35(49)42(7)34(25)48/h8-10,14-16,18-19,27-28H,11-13,17H2,1-7H3,(H,40,47)(H,45,46)/t27-,28-/m1/s1. The van der Waals surface area contributed by atoms with Gasteiger partial charge in [-0.3, -0.25) is 28.9 Å². The molecule has 1 aliphatic rings. The van der Waals surface area contributed by atoms with Crippen molar-refractivity contribution in [2.24, 2.45) is 5.92 Å². The van der Waals surface area contributed by atoms with E-state index in [9.17, 15) is 42.3 Å². The molecule has 49 heavy (non-hydrogen) atoms. The number of carboxylic acids is 1. The summed E-state index contributed by atoms with van der Waals surface area (Å²) in [4.78, 5) is 68.9. The van der Waals surface area contributed by atoms with Gasteiger partial charge in [-0.1, -0.05) is 32.0 Å². The number of nitrogens with zero attached hydrogens (tertiary/aromatic N) is 3. The lowest BCUT2D eigenvalue weighted by atomic mass is 9.87. The number of amides is 3. The number of rotatable bonds is 12. The summed E-state index contributed by atoms with van der Waals surface area (Å²) in [5, 5.41) is 12.7. The van der Waals surface area contributed by atoms with Crippen LogP contribution in [0.25, 0.3) is 11.1 Å². The molecule has 3 aromatic rings. The fraction of sp³-hybridized carbons (Fsp3) is 0.417. The number of aryl methyl sites for hydroxylation is 2. The fourth-order valence-corrected chi connectivity index (χ4v) is 6.32. The molecular formula is C36H41F3N4O6. The summed E-state index contributed by atoms with van der Waals surface area (Å²) in [5.74, 6) is -3.61. The van der Waals surface area contributed by atoms with Crippen molar-refractivity contribution in [2.45, 2.75) is 65.2 Å². The molecule has 2 aromatic carbocycles. The summed E-state index contributed by atoms with van der Waals surface area (Å²) in [5.41, 5.74) is 0.819. The monoisotopic (exact) mass is 682 g/mol. The first-order valence-electron chi connectivity index (χ1n) is 15.9. The summed E-state index contributed by atoms with van der Waals surface area (Å²) in [6.45, 7) is 7.54. The molecule has 262 valence electrons. The van der Waals surface area contributed by atoms with Gasteiger partial charge >= 0.3 is 12.1 Å². The van der Waals surface area contributed by atoms with E-state index in [1.54, 1.807) is 45.0 Å². The van der Waals surface area contributed by atoms with Crippen LogP contribution < -0.4 is 10.9 Å². The molecule has 10 nitrogen and oxygen atoms in total. The zero-order valence-electron chi connectivity index (χ0n) is 28.6. The molecule has 2 atom stereocenters. The summed E-state index contributed by atoms with van der Waals surface area (Å²) in [6, 6.07) is 6.59. The maximum atomic E-state index is 14.2. The number of aliphatic carboxylic acids is 1. The second kappa shape index (κ2) is 14.4. The zero-order valence-corrected chi connectivity index (χ0v) is 28.6. The third-order valence-electron chi connectivity index (χ3n) is 8.69. The Balaban J connectivity index is 1.89. The van der Waals surface area contributed by atoms with Crippen LogP contribution in [-0.2, 0) is 22.2 Å². The molecule has 0 unspecified atom stereocenters. The van der Waals surface area contributed by atoms with Crippen LogP contribution in [-0.4, -0.2) is 70.9 Å².